The van der Waals surface area contributed by atoms with Gasteiger partial charge < -0.3 is 45.3 Å². The molecule has 0 aromatic carbocycles. The zero-order chi connectivity index (χ0) is 48.9. The summed E-state index contributed by atoms with van der Waals surface area (Å²) in [4.78, 5) is 103. The van der Waals surface area contributed by atoms with E-state index >= 15 is 0 Å². The van der Waals surface area contributed by atoms with E-state index in [0.29, 0.717) is 0 Å². The summed E-state index contributed by atoms with van der Waals surface area (Å²) in [6.45, 7) is 40.2. The van der Waals surface area contributed by atoms with Crippen molar-refractivity contribution in [1.82, 2.24) is 24.9 Å². The van der Waals surface area contributed by atoms with Gasteiger partial charge >= 0.3 is 23.9 Å². The Balaban J connectivity index is -0.000000613. The van der Waals surface area contributed by atoms with Crippen LogP contribution in [0.3, 0.4) is 0 Å². The molecular formula is C47H71N5O12. The summed E-state index contributed by atoms with van der Waals surface area (Å²) in [6.07, 6.45) is 13.7. The van der Waals surface area contributed by atoms with Crippen molar-refractivity contribution in [3.8, 4) is 0 Å². The highest BCUT2D eigenvalue weighted by atomic mass is 16.4. The number of carboxylic acids is 4. The fraction of sp³-hybridized carbons (Fsp3) is 0.404. The van der Waals surface area contributed by atoms with Crippen LogP contribution < -0.4 is 5.32 Å². The number of nitrogens with one attached hydrogen (secondary N) is 1. The van der Waals surface area contributed by atoms with Crippen LogP contribution in [0.4, 0.5) is 0 Å². The SMILES string of the molecule is C.C=CCN(CC=C)C(=O)CC(C(=O)N(CC=C)CC=C)C(CC(=O)N(CC=C)CC=C)C(=O)N(CC=C)CC=C.C=CCNCC=C.O=C(O)CC(C(=O)O)C(CC(=O)O)C(=O)O. The summed E-state index contributed by atoms with van der Waals surface area (Å²) in [5.74, 6) is -13.7. The molecule has 0 rings (SSSR count). The molecule has 17 heteroatoms. The zero-order valence-electron chi connectivity index (χ0n) is 36.4. The minimum absolute atomic E-state index is 0. The summed E-state index contributed by atoms with van der Waals surface area (Å²) in [6, 6.07) is 0. The molecule has 356 valence electrons. The molecule has 4 unspecified atom stereocenters. The Morgan fingerprint density at radius 1 is 0.375 bits per heavy atom. The Morgan fingerprint density at radius 3 is 0.797 bits per heavy atom. The molecule has 0 saturated heterocycles. The minimum Gasteiger partial charge on any atom is -0.481 e. The van der Waals surface area contributed by atoms with Gasteiger partial charge in [0, 0.05) is 78.3 Å². The lowest BCUT2D eigenvalue weighted by atomic mass is 9.83. The van der Waals surface area contributed by atoms with Crippen molar-refractivity contribution in [2.24, 2.45) is 23.7 Å². The van der Waals surface area contributed by atoms with E-state index in [2.05, 4.69) is 71.1 Å². The number of carbonyl (C=O) groups excluding carboxylic acids is 4. The monoisotopic (exact) mass is 898 g/mol. The highest BCUT2D eigenvalue weighted by Crippen LogP contribution is 2.28. The topological polar surface area (TPSA) is 242 Å². The van der Waals surface area contributed by atoms with Gasteiger partial charge in [-0.05, 0) is 0 Å². The molecule has 0 bridgehead atoms. The van der Waals surface area contributed by atoms with Gasteiger partial charge in [0.05, 0.1) is 36.5 Å². The maximum Gasteiger partial charge on any atom is 0.307 e. The molecule has 17 nitrogen and oxygen atoms in total. The lowest BCUT2D eigenvalue weighted by Crippen LogP contribution is -2.49. The van der Waals surface area contributed by atoms with Gasteiger partial charge in [-0.3, -0.25) is 38.4 Å². The smallest absolute Gasteiger partial charge is 0.307 e. The minimum atomic E-state index is -1.76. The molecule has 4 atom stereocenters. The van der Waals surface area contributed by atoms with Crippen LogP contribution in [0.25, 0.3) is 0 Å². The van der Waals surface area contributed by atoms with Crippen molar-refractivity contribution in [3.05, 3.63) is 127 Å². The average Bonchev–Trinajstić information content (AvgIpc) is 3.22. The van der Waals surface area contributed by atoms with Crippen molar-refractivity contribution in [2.45, 2.75) is 33.1 Å². The largest absolute Gasteiger partial charge is 0.481 e. The van der Waals surface area contributed by atoms with Gasteiger partial charge in [-0.15, -0.1) is 65.8 Å². The lowest BCUT2D eigenvalue weighted by molar-refractivity contribution is -0.160. The first-order chi connectivity index (χ1) is 29.9. The van der Waals surface area contributed by atoms with E-state index in [1.54, 1.807) is 48.6 Å². The number of nitrogens with zero attached hydrogens (tertiary/aromatic N) is 4. The summed E-state index contributed by atoms with van der Waals surface area (Å²) >= 11 is 0. The van der Waals surface area contributed by atoms with E-state index in [-0.39, 0.29) is 84.4 Å². The van der Waals surface area contributed by atoms with E-state index in [9.17, 15) is 38.4 Å². The maximum absolute atomic E-state index is 14.0. The molecule has 0 radical (unpaired) electrons. The Morgan fingerprint density at radius 2 is 0.609 bits per heavy atom. The van der Waals surface area contributed by atoms with E-state index in [4.69, 9.17) is 20.4 Å². The van der Waals surface area contributed by atoms with Gasteiger partial charge in [0.2, 0.25) is 23.6 Å². The van der Waals surface area contributed by atoms with Gasteiger partial charge in [0.15, 0.2) is 0 Å². The first kappa shape index (κ1) is 63.8. The summed E-state index contributed by atoms with van der Waals surface area (Å²) in [5.41, 5.74) is 0. The molecule has 0 aliphatic heterocycles. The summed E-state index contributed by atoms with van der Waals surface area (Å²) in [5, 5.41) is 37.1. The van der Waals surface area contributed by atoms with Crippen molar-refractivity contribution < 1.29 is 58.8 Å². The second-order valence-corrected chi connectivity index (χ2v) is 13.3. The molecule has 0 aliphatic carbocycles. The van der Waals surface area contributed by atoms with Crippen molar-refractivity contribution >= 4 is 47.5 Å². The third-order valence-corrected chi connectivity index (χ3v) is 8.52. The van der Waals surface area contributed by atoms with E-state index < -0.39 is 72.2 Å². The number of hydrogen-bond acceptors (Lipinski definition) is 9. The lowest BCUT2D eigenvalue weighted by Gasteiger charge is -2.34. The van der Waals surface area contributed by atoms with Gasteiger partial charge in [-0.25, -0.2) is 0 Å². The third-order valence-electron chi connectivity index (χ3n) is 8.52. The first-order valence-electron chi connectivity index (χ1n) is 19.7. The van der Waals surface area contributed by atoms with Crippen LogP contribution in [0.1, 0.15) is 33.1 Å². The molecule has 0 aromatic rings. The highest BCUT2D eigenvalue weighted by Gasteiger charge is 2.41. The predicted molar refractivity (Wildman–Crippen MR) is 251 cm³/mol. The van der Waals surface area contributed by atoms with Crippen LogP contribution in [-0.2, 0) is 38.4 Å². The number of aliphatic carboxylic acids is 4. The normalized spacial score (nSPS) is 11.5. The summed E-state index contributed by atoms with van der Waals surface area (Å²) in [7, 11) is 0. The zero-order valence-corrected chi connectivity index (χ0v) is 36.4. The molecule has 5 N–H and O–H groups in total. The number of carbonyl (C=O) groups is 8. The van der Waals surface area contributed by atoms with E-state index in [0.717, 1.165) is 13.1 Å². The quantitative estimate of drug-likeness (QED) is 0.0434. The molecule has 0 spiro atoms. The maximum atomic E-state index is 14.0. The van der Waals surface area contributed by atoms with Crippen molar-refractivity contribution in [3.63, 3.8) is 0 Å². The van der Waals surface area contributed by atoms with Gasteiger partial charge in [-0.2, -0.15) is 0 Å². The van der Waals surface area contributed by atoms with Crippen LogP contribution in [0.2, 0.25) is 0 Å². The molecular weight excluding hydrogens is 827 g/mol. The highest BCUT2D eigenvalue weighted by molar-refractivity contribution is 5.94. The number of carboxylic acid groups (broad SMARTS) is 4. The average molecular weight is 898 g/mol. The summed E-state index contributed by atoms with van der Waals surface area (Å²) < 4.78 is 0. The Bertz CT molecular complexity index is 1470. The van der Waals surface area contributed by atoms with Crippen LogP contribution in [0, 0.1) is 23.7 Å². The molecule has 0 aliphatic rings. The fourth-order valence-corrected chi connectivity index (χ4v) is 5.69. The van der Waals surface area contributed by atoms with Crippen LogP contribution in [0.15, 0.2) is 127 Å². The second-order valence-electron chi connectivity index (χ2n) is 13.3. The number of amides is 4. The predicted octanol–water partition coefficient (Wildman–Crippen LogP) is 4.72. The third kappa shape index (κ3) is 27.1. The number of rotatable bonds is 34. The van der Waals surface area contributed by atoms with Crippen LogP contribution >= 0.6 is 0 Å². The van der Waals surface area contributed by atoms with Crippen molar-refractivity contribution in [2.75, 3.05) is 65.4 Å². The van der Waals surface area contributed by atoms with Crippen LogP contribution in [0.5, 0.6) is 0 Å². The Labute approximate surface area is 379 Å². The second kappa shape index (κ2) is 39.0. The van der Waals surface area contributed by atoms with Gasteiger partial charge in [-0.1, -0.05) is 68.2 Å². The Hall–Kier alpha value is -6.88. The first-order valence-corrected chi connectivity index (χ1v) is 19.7. The van der Waals surface area contributed by atoms with E-state index in [1.165, 1.54) is 19.6 Å². The molecule has 4 amide bonds. The van der Waals surface area contributed by atoms with Gasteiger partial charge in [0.25, 0.3) is 0 Å². The van der Waals surface area contributed by atoms with E-state index in [1.807, 2.05) is 12.2 Å². The molecule has 64 heavy (non-hydrogen) atoms. The fourth-order valence-electron chi connectivity index (χ4n) is 5.69. The molecule has 0 aromatic heterocycles. The number of hydrogen-bond donors (Lipinski definition) is 5. The Kier molecular flexibility index (Phi) is 38.9. The molecule has 0 fully saturated rings. The van der Waals surface area contributed by atoms with Gasteiger partial charge in [0.1, 0.15) is 0 Å². The molecule has 0 heterocycles. The van der Waals surface area contributed by atoms with Crippen LogP contribution in [-0.4, -0.2) is 153 Å². The molecule has 0 saturated carbocycles. The van der Waals surface area contributed by atoms with Crippen molar-refractivity contribution in [1.29, 1.82) is 0 Å². The standard InChI is InChI=1S/C32H46N4O4.C8H10O8.C6H11N.CH4/c1-9-17-33(18-10-2)29(37)25-27(31(39)35(21-13-5)22-14-6)28(32(40)36(23-15-7)24-16-8)26-30(38)34(19-11-3)20-12-4;9-5(10)1-3(7(13)14)4(8(15)16)2-6(11)12;1-3-5-7-6-4-2;/h9-16,27-28H,1-8,17-26H2;3-4H,1-2H2,(H,9,10)(H,11,12)(H,13,14)(H,15,16);3-4,7H,1-2,5-6H2;1H4.